The number of halogens is 1. The fourth-order valence-corrected chi connectivity index (χ4v) is 1.33. The van der Waals surface area contributed by atoms with Crippen molar-refractivity contribution < 1.29 is 4.79 Å². The summed E-state index contributed by atoms with van der Waals surface area (Å²) in [5.74, 6) is 2.58. The van der Waals surface area contributed by atoms with Crippen molar-refractivity contribution in [2.75, 3.05) is 0 Å². The summed E-state index contributed by atoms with van der Waals surface area (Å²) in [5, 5.41) is 0. The largest absolute Gasteiger partial charge is 0.294 e. The molecule has 0 aromatic heterocycles. The Morgan fingerprint density at radius 3 is 2.54 bits per heavy atom. The van der Waals surface area contributed by atoms with Gasteiger partial charge < -0.3 is 0 Å². The first-order chi connectivity index (χ1) is 6.24. The molecule has 0 amide bonds. The highest BCUT2D eigenvalue weighted by atomic mass is 127. The van der Waals surface area contributed by atoms with Crippen molar-refractivity contribution in [3.05, 3.63) is 33.4 Å². The lowest BCUT2D eigenvalue weighted by atomic mass is 10.1. The van der Waals surface area contributed by atoms with E-state index in [2.05, 4.69) is 28.5 Å². The third-order valence-corrected chi connectivity index (χ3v) is 2.38. The van der Waals surface area contributed by atoms with Gasteiger partial charge in [0.2, 0.25) is 0 Å². The molecule has 0 saturated carbocycles. The molecule has 0 radical (unpaired) electrons. The molecule has 0 aliphatic rings. The summed E-state index contributed by atoms with van der Waals surface area (Å²) >= 11 is 2.20. The van der Waals surface area contributed by atoms with Crippen LogP contribution in [0.3, 0.4) is 0 Å². The van der Waals surface area contributed by atoms with Crippen LogP contribution in [-0.2, 0) is 0 Å². The molecule has 0 aliphatic carbocycles. The summed E-state index contributed by atoms with van der Waals surface area (Å²) in [5.41, 5.74) is 0.746. The van der Waals surface area contributed by atoms with E-state index in [1.54, 1.807) is 0 Å². The lowest BCUT2D eigenvalue weighted by Crippen LogP contribution is -1.97. The summed E-state index contributed by atoms with van der Waals surface area (Å²) in [6.07, 6.45) is 6.04. The van der Waals surface area contributed by atoms with Crippen LogP contribution in [0.15, 0.2) is 24.3 Å². The van der Waals surface area contributed by atoms with E-state index < -0.39 is 0 Å². The Balaban J connectivity index is 2.68. The van der Waals surface area contributed by atoms with Gasteiger partial charge in [0.15, 0.2) is 5.78 Å². The van der Waals surface area contributed by atoms with Crippen molar-refractivity contribution in [3.8, 4) is 12.3 Å². The Hall–Kier alpha value is -0.820. The maximum absolute atomic E-state index is 11.4. The molecular weight excluding hydrogens is 275 g/mol. The van der Waals surface area contributed by atoms with Crippen LogP contribution in [0.1, 0.15) is 23.2 Å². The maximum Gasteiger partial charge on any atom is 0.163 e. The Labute approximate surface area is 91.7 Å². The fourth-order valence-electron chi connectivity index (χ4n) is 0.966. The Morgan fingerprint density at radius 2 is 2.00 bits per heavy atom. The molecule has 1 rings (SSSR count). The highest BCUT2D eigenvalue weighted by Gasteiger charge is 2.03. The quantitative estimate of drug-likeness (QED) is 0.474. The van der Waals surface area contributed by atoms with Gasteiger partial charge in [0.25, 0.3) is 0 Å². The summed E-state index contributed by atoms with van der Waals surface area (Å²) in [4.78, 5) is 11.4. The van der Waals surface area contributed by atoms with Crippen molar-refractivity contribution >= 4 is 28.4 Å². The van der Waals surface area contributed by atoms with Crippen LogP contribution in [0, 0.1) is 15.9 Å². The first-order valence-electron chi connectivity index (χ1n) is 3.96. The second-order valence-corrected chi connectivity index (χ2v) is 3.88. The third kappa shape index (κ3) is 3.19. The number of hydrogen-bond acceptors (Lipinski definition) is 1. The average molecular weight is 284 g/mol. The van der Waals surface area contributed by atoms with Gasteiger partial charge in [-0.05, 0) is 34.7 Å². The van der Waals surface area contributed by atoms with Gasteiger partial charge in [-0.15, -0.1) is 12.3 Å². The first kappa shape index (κ1) is 10.3. The van der Waals surface area contributed by atoms with Crippen LogP contribution < -0.4 is 0 Å². The minimum Gasteiger partial charge on any atom is -0.294 e. The molecule has 0 fully saturated rings. The maximum atomic E-state index is 11.4. The van der Waals surface area contributed by atoms with Crippen molar-refractivity contribution in [1.29, 1.82) is 0 Å². The summed E-state index contributed by atoms with van der Waals surface area (Å²) < 4.78 is 1.13. The van der Waals surface area contributed by atoms with Crippen LogP contribution in [0.4, 0.5) is 0 Å². The molecule has 1 nitrogen and oxygen atoms in total. The Kier molecular flexibility index (Phi) is 3.97. The summed E-state index contributed by atoms with van der Waals surface area (Å²) in [6.45, 7) is 0. The van der Waals surface area contributed by atoms with E-state index >= 15 is 0 Å². The first-order valence-corrected chi connectivity index (χ1v) is 5.04. The Bertz CT molecular complexity index is 332. The van der Waals surface area contributed by atoms with Gasteiger partial charge in [0.05, 0.1) is 0 Å². The molecule has 1 aromatic rings. The van der Waals surface area contributed by atoms with Crippen molar-refractivity contribution in [3.63, 3.8) is 0 Å². The third-order valence-electron chi connectivity index (χ3n) is 1.66. The topological polar surface area (TPSA) is 17.1 Å². The van der Waals surface area contributed by atoms with Gasteiger partial charge in [-0.25, -0.2) is 0 Å². The molecule has 0 aliphatic heterocycles. The predicted molar refractivity (Wildman–Crippen MR) is 61.6 cm³/mol. The van der Waals surface area contributed by atoms with Crippen LogP contribution in [-0.4, -0.2) is 5.78 Å². The van der Waals surface area contributed by atoms with E-state index in [0.717, 1.165) is 9.13 Å². The zero-order valence-corrected chi connectivity index (χ0v) is 9.24. The van der Waals surface area contributed by atoms with E-state index in [4.69, 9.17) is 6.42 Å². The standard InChI is InChI=1S/C11H9IO/c1-2-3-4-11(13)9-5-7-10(12)8-6-9/h1,5-8H,3-4H2. The van der Waals surface area contributed by atoms with Crippen molar-refractivity contribution in [2.24, 2.45) is 0 Å². The van der Waals surface area contributed by atoms with Gasteiger partial charge in [0.1, 0.15) is 0 Å². The summed E-state index contributed by atoms with van der Waals surface area (Å²) in [6, 6.07) is 7.51. The molecule has 0 saturated heterocycles. The molecular formula is C11H9IO. The van der Waals surface area contributed by atoms with E-state index in [1.165, 1.54) is 0 Å². The van der Waals surface area contributed by atoms with Crippen LogP contribution in [0.25, 0.3) is 0 Å². The number of ketones is 1. The molecule has 0 spiro atoms. The van der Waals surface area contributed by atoms with Crippen molar-refractivity contribution in [2.45, 2.75) is 12.8 Å². The number of terminal acetylenes is 1. The average Bonchev–Trinajstić information content (AvgIpc) is 2.15. The minimum absolute atomic E-state index is 0.120. The van der Waals surface area contributed by atoms with Gasteiger partial charge in [-0.2, -0.15) is 0 Å². The normalized spacial score (nSPS) is 9.23. The van der Waals surface area contributed by atoms with Crippen LogP contribution in [0.2, 0.25) is 0 Å². The molecule has 0 unspecified atom stereocenters. The van der Waals surface area contributed by atoms with Gasteiger partial charge >= 0.3 is 0 Å². The van der Waals surface area contributed by atoms with Crippen LogP contribution in [0.5, 0.6) is 0 Å². The second-order valence-electron chi connectivity index (χ2n) is 2.63. The number of Topliss-reactive ketones (excluding diaryl/α,β-unsaturated/α-hetero) is 1. The number of hydrogen-bond donors (Lipinski definition) is 0. The minimum atomic E-state index is 0.120. The predicted octanol–water partition coefficient (Wildman–Crippen LogP) is 2.89. The SMILES string of the molecule is C#CCCC(=O)c1ccc(I)cc1. The molecule has 13 heavy (non-hydrogen) atoms. The number of rotatable bonds is 3. The van der Waals surface area contributed by atoms with Gasteiger partial charge in [-0.1, -0.05) is 12.1 Å². The highest BCUT2D eigenvalue weighted by molar-refractivity contribution is 14.1. The van der Waals surface area contributed by atoms with E-state index in [9.17, 15) is 4.79 Å². The Morgan fingerprint density at radius 1 is 1.38 bits per heavy atom. The highest BCUT2D eigenvalue weighted by Crippen LogP contribution is 2.09. The van der Waals surface area contributed by atoms with Gasteiger partial charge in [0, 0.05) is 22.0 Å². The lowest BCUT2D eigenvalue weighted by molar-refractivity contribution is 0.0984. The van der Waals surface area contributed by atoms with E-state index in [-0.39, 0.29) is 5.78 Å². The lowest BCUT2D eigenvalue weighted by Gasteiger charge is -1.97. The summed E-state index contributed by atoms with van der Waals surface area (Å²) in [7, 11) is 0. The zero-order valence-electron chi connectivity index (χ0n) is 7.09. The number of carbonyl (C=O) groups excluding carboxylic acids is 1. The fraction of sp³-hybridized carbons (Fsp3) is 0.182. The number of carbonyl (C=O) groups is 1. The van der Waals surface area contributed by atoms with Gasteiger partial charge in [-0.3, -0.25) is 4.79 Å². The number of benzene rings is 1. The molecule has 1 aromatic carbocycles. The van der Waals surface area contributed by atoms with Crippen LogP contribution >= 0.6 is 22.6 Å². The molecule has 0 bridgehead atoms. The molecule has 0 heterocycles. The second kappa shape index (κ2) is 5.03. The van der Waals surface area contributed by atoms with Crippen molar-refractivity contribution in [1.82, 2.24) is 0 Å². The molecule has 66 valence electrons. The monoisotopic (exact) mass is 284 g/mol. The van der Waals surface area contributed by atoms with E-state index in [0.29, 0.717) is 12.8 Å². The zero-order chi connectivity index (χ0) is 9.68. The molecule has 0 atom stereocenters. The molecule has 2 heteroatoms. The van der Waals surface area contributed by atoms with E-state index in [1.807, 2.05) is 24.3 Å². The smallest absolute Gasteiger partial charge is 0.163 e. The molecule has 0 N–H and O–H groups in total.